The second-order valence-electron chi connectivity index (χ2n) is 8.51. The van der Waals surface area contributed by atoms with Crippen LogP contribution < -0.4 is 5.32 Å². The van der Waals surface area contributed by atoms with E-state index in [4.69, 9.17) is 4.74 Å². The van der Waals surface area contributed by atoms with Crippen LogP contribution in [0.5, 0.6) is 0 Å². The third-order valence-corrected chi connectivity index (χ3v) is 6.22. The summed E-state index contributed by atoms with van der Waals surface area (Å²) in [5.74, 6) is -1.52. The number of amides is 1. The maximum atomic E-state index is 13.4. The van der Waals surface area contributed by atoms with E-state index >= 15 is 0 Å². The minimum atomic E-state index is -1.01. The first kappa shape index (κ1) is 18.8. The average molecular weight is 392 g/mol. The summed E-state index contributed by atoms with van der Waals surface area (Å²) in [5.41, 5.74) is -2.25. The van der Waals surface area contributed by atoms with Crippen molar-refractivity contribution < 1.29 is 28.7 Å². The van der Waals surface area contributed by atoms with E-state index in [0.29, 0.717) is 31.1 Å². The van der Waals surface area contributed by atoms with Crippen molar-refractivity contribution in [2.45, 2.75) is 44.1 Å². The van der Waals surface area contributed by atoms with Gasteiger partial charge in [0.2, 0.25) is 5.82 Å². The highest BCUT2D eigenvalue weighted by Crippen LogP contribution is 2.61. The molecule has 4 saturated carbocycles. The fourth-order valence-electron chi connectivity index (χ4n) is 5.66. The number of rotatable bonds is 5. The Morgan fingerprint density at radius 3 is 2.57 bits per heavy atom. The highest BCUT2D eigenvalue weighted by atomic mass is 19.1. The Labute approximate surface area is 160 Å². The van der Waals surface area contributed by atoms with Gasteiger partial charge in [0.05, 0.1) is 15.9 Å². The number of carbonyl (C=O) groups excluding carboxylic acids is 2. The van der Waals surface area contributed by atoms with Gasteiger partial charge in [0.1, 0.15) is 0 Å². The standard InChI is InChI=1S/C19H21FN2O6/c20-14-2-1-13(4-15(14)22(26)27)21-16(23)9-28-17(24)18-5-11-3-12(6-18)8-19(25,7-11)10-18/h1-2,4,11-12,25H,3,5-10H2,(H,21,23). The minimum Gasteiger partial charge on any atom is -0.455 e. The monoisotopic (exact) mass is 392 g/mol. The molecule has 5 rings (SSSR count). The van der Waals surface area contributed by atoms with Crippen LogP contribution in [-0.4, -0.2) is 34.1 Å². The number of nitro benzene ring substituents is 1. The van der Waals surface area contributed by atoms with Crippen LogP contribution in [0, 0.1) is 33.2 Å². The fourth-order valence-corrected chi connectivity index (χ4v) is 5.66. The normalized spacial score (nSPS) is 32.8. The molecule has 0 spiro atoms. The Kier molecular flexibility index (Phi) is 4.37. The lowest BCUT2D eigenvalue weighted by Gasteiger charge is -2.58. The molecule has 4 aliphatic rings. The van der Waals surface area contributed by atoms with Crippen LogP contribution in [0.2, 0.25) is 0 Å². The lowest BCUT2D eigenvalue weighted by molar-refractivity contribution is -0.387. The third-order valence-electron chi connectivity index (χ3n) is 6.22. The largest absolute Gasteiger partial charge is 0.455 e. The van der Waals surface area contributed by atoms with Gasteiger partial charge in [-0.05, 0) is 62.5 Å². The molecule has 1 aromatic carbocycles. The summed E-state index contributed by atoms with van der Waals surface area (Å²) in [6, 6.07) is 2.98. The molecule has 0 radical (unpaired) electrons. The number of carbonyl (C=O) groups is 2. The highest BCUT2D eigenvalue weighted by Gasteiger charge is 2.60. The van der Waals surface area contributed by atoms with E-state index in [-0.39, 0.29) is 5.69 Å². The van der Waals surface area contributed by atoms with Gasteiger partial charge in [0.25, 0.3) is 5.91 Å². The van der Waals surface area contributed by atoms with Gasteiger partial charge in [-0.3, -0.25) is 19.7 Å². The Hall–Kier alpha value is -2.55. The number of nitro groups is 1. The van der Waals surface area contributed by atoms with Crippen LogP contribution in [0.1, 0.15) is 38.5 Å². The molecule has 2 unspecified atom stereocenters. The van der Waals surface area contributed by atoms with Crippen molar-refractivity contribution in [2.24, 2.45) is 17.3 Å². The molecule has 1 aromatic rings. The first-order valence-corrected chi connectivity index (χ1v) is 9.31. The van der Waals surface area contributed by atoms with Crippen LogP contribution >= 0.6 is 0 Å². The third kappa shape index (κ3) is 3.34. The number of anilines is 1. The summed E-state index contributed by atoms with van der Waals surface area (Å²) in [5, 5.41) is 23.8. The summed E-state index contributed by atoms with van der Waals surface area (Å²) < 4.78 is 18.6. The highest BCUT2D eigenvalue weighted by molar-refractivity contribution is 5.93. The second kappa shape index (κ2) is 6.51. The molecule has 4 aliphatic carbocycles. The molecule has 150 valence electrons. The molecule has 2 N–H and O–H groups in total. The molecule has 4 fully saturated rings. The molecular formula is C19H21FN2O6. The van der Waals surface area contributed by atoms with Crippen LogP contribution in [-0.2, 0) is 14.3 Å². The van der Waals surface area contributed by atoms with E-state index in [9.17, 15) is 29.2 Å². The Morgan fingerprint density at radius 1 is 1.29 bits per heavy atom. The molecular weight excluding hydrogens is 371 g/mol. The summed E-state index contributed by atoms with van der Waals surface area (Å²) in [4.78, 5) is 34.7. The molecule has 28 heavy (non-hydrogen) atoms. The second-order valence-corrected chi connectivity index (χ2v) is 8.51. The Balaban J connectivity index is 1.37. The summed E-state index contributed by atoms with van der Waals surface area (Å²) >= 11 is 0. The van der Waals surface area contributed by atoms with Gasteiger partial charge in [0, 0.05) is 11.8 Å². The summed E-state index contributed by atoms with van der Waals surface area (Å²) in [7, 11) is 0. The van der Waals surface area contributed by atoms with Crippen molar-refractivity contribution in [1.29, 1.82) is 0 Å². The van der Waals surface area contributed by atoms with Gasteiger partial charge in [-0.1, -0.05) is 0 Å². The number of ether oxygens (including phenoxy) is 1. The fraction of sp³-hybridized carbons (Fsp3) is 0.579. The van der Waals surface area contributed by atoms with E-state index in [2.05, 4.69) is 5.32 Å². The van der Waals surface area contributed by atoms with Gasteiger partial charge in [-0.25, -0.2) is 0 Å². The number of hydrogen-bond acceptors (Lipinski definition) is 6. The molecule has 0 saturated heterocycles. The predicted molar refractivity (Wildman–Crippen MR) is 94.7 cm³/mol. The number of esters is 1. The molecule has 0 heterocycles. The lowest BCUT2D eigenvalue weighted by Crippen LogP contribution is -2.58. The van der Waals surface area contributed by atoms with Gasteiger partial charge in [0.15, 0.2) is 6.61 Å². The van der Waals surface area contributed by atoms with Crippen LogP contribution in [0.25, 0.3) is 0 Å². The quantitative estimate of drug-likeness (QED) is 0.452. The molecule has 9 heteroatoms. The first-order chi connectivity index (χ1) is 13.2. The molecule has 1 amide bonds. The van der Waals surface area contributed by atoms with E-state index in [0.717, 1.165) is 31.4 Å². The summed E-state index contributed by atoms with van der Waals surface area (Å²) in [6.07, 6.45) is 4.20. The van der Waals surface area contributed by atoms with Crippen molar-refractivity contribution in [3.63, 3.8) is 0 Å². The first-order valence-electron chi connectivity index (χ1n) is 9.31. The average Bonchev–Trinajstić information content (AvgIpc) is 2.59. The number of nitrogens with zero attached hydrogens (tertiary/aromatic N) is 1. The maximum Gasteiger partial charge on any atom is 0.312 e. The van der Waals surface area contributed by atoms with Gasteiger partial charge >= 0.3 is 11.7 Å². The zero-order valence-electron chi connectivity index (χ0n) is 15.2. The SMILES string of the molecule is O=C(COC(=O)C12CC3CC(CC(O)(C3)C1)C2)Nc1ccc(F)c([N+](=O)[O-])c1. The van der Waals surface area contributed by atoms with Crippen LogP contribution in [0.3, 0.4) is 0 Å². The number of halogens is 1. The number of benzene rings is 1. The van der Waals surface area contributed by atoms with E-state index in [1.165, 1.54) is 6.07 Å². The number of nitrogens with one attached hydrogen (secondary N) is 1. The minimum absolute atomic E-state index is 0.0401. The lowest BCUT2D eigenvalue weighted by atomic mass is 9.48. The van der Waals surface area contributed by atoms with Gasteiger partial charge in [-0.2, -0.15) is 4.39 Å². The molecule has 4 bridgehead atoms. The topological polar surface area (TPSA) is 119 Å². The van der Waals surface area contributed by atoms with Crippen molar-refractivity contribution in [3.05, 3.63) is 34.1 Å². The van der Waals surface area contributed by atoms with Gasteiger partial charge < -0.3 is 15.2 Å². The van der Waals surface area contributed by atoms with E-state index in [1.54, 1.807) is 0 Å². The van der Waals surface area contributed by atoms with Crippen molar-refractivity contribution in [3.8, 4) is 0 Å². The molecule has 0 aromatic heterocycles. The van der Waals surface area contributed by atoms with Gasteiger partial charge in [-0.15, -0.1) is 0 Å². The Morgan fingerprint density at radius 2 is 1.96 bits per heavy atom. The van der Waals surface area contributed by atoms with E-state index < -0.39 is 45.9 Å². The van der Waals surface area contributed by atoms with Crippen molar-refractivity contribution >= 4 is 23.3 Å². The predicted octanol–water partition coefficient (Wildman–Crippen LogP) is 2.55. The van der Waals surface area contributed by atoms with Crippen molar-refractivity contribution in [1.82, 2.24) is 0 Å². The van der Waals surface area contributed by atoms with Crippen LogP contribution in [0.15, 0.2) is 18.2 Å². The van der Waals surface area contributed by atoms with E-state index in [1.807, 2.05) is 0 Å². The zero-order valence-corrected chi connectivity index (χ0v) is 15.2. The van der Waals surface area contributed by atoms with Crippen LogP contribution in [0.4, 0.5) is 15.8 Å². The summed E-state index contributed by atoms with van der Waals surface area (Å²) in [6.45, 7) is -0.542. The number of hydrogen-bond donors (Lipinski definition) is 2. The van der Waals surface area contributed by atoms with Crippen molar-refractivity contribution in [2.75, 3.05) is 11.9 Å². The zero-order chi connectivity index (χ0) is 20.1. The Bertz CT molecular complexity index is 843. The molecule has 0 aliphatic heterocycles. The number of aliphatic hydroxyl groups is 1. The molecule has 2 atom stereocenters. The maximum absolute atomic E-state index is 13.4. The smallest absolute Gasteiger partial charge is 0.312 e. The molecule has 8 nitrogen and oxygen atoms in total.